The summed E-state index contributed by atoms with van der Waals surface area (Å²) in [4.78, 5) is 14.4. The van der Waals surface area contributed by atoms with Gasteiger partial charge in [-0.05, 0) is 48.0 Å². The smallest absolute Gasteiger partial charge is 0.265 e. The van der Waals surface area contributed by atoms with Crippen LogP contribution in [0.3, 0.4) is 0 Å². The Morgan fingerprint density at radius 2 is 1.84 bits per heavy atom. The third-order valence-electron chi connectivity index (χ3n) is 5.45. The molecule has 1 N–H and O–H groups in total. The molecule has 0 unspecified atom stereocenters. The highest BCUT2D eigenvalue weighted by Gasteiger charge is 2.30. The van der Waals surface area contributed by atoms with Gasteiger partial charge in [-0.3, -0.25) is 9.52 Å². The van der Waals surface area contributed by atoms with Crippen molar-refractivity contribution in [3.05, 3.63) is 72.7 Å². The van der Waals surface area contributed by atoms with E-state index in [-0.39, 0.29) is 16.6 Å². The van der Waals surface area contributed by atoms with Gasteiger partial charge in [-0.25, -0.2) is 8.42 Å². The average molecular weight is 434 g/mol. The molecule has 0 spiro atoms. The van der Waals surface area contributed by atoms with Gasteiger partial charge in [0.1, 0.15) is 10.6 Å². The number of ether oxygens (including phenoxy) is 1. The van der Waals surface area contributed by atoms with E-state index < -0.39 is 10.0 Å². The van der Waals surface area contributed by atoms with Crippen LogP contribution in [0.4, 0.5) is 11.4 Å². The maximum absolute atomic E-state index is 13.2. The van der Waals surface area contributed by atoms with Crippen LogP contribution in [0.5, 0.6) is 5.75 Å². The first-order valence-corrected chi connectivity index (χ1v) is 11.0. The third-order valence-corrected chi connectivity index (χ3v) is 6.85. The molecule has 156 valence electrons. The number of benzene rings is 3. The van der Waals surface area contributed by atoms with Crippen LogP contribution in [0, 0.1) is 0 Å². The Hall–Kier alpha value is -3.78. The minimum Gasteiger partial charge on any atom is -0.495 e. The SMILES string of the molecule is COc1ccccc1S(=O)(=O)Nc1ccc2c3c(cc(-c4ccoc4)cc13)C(=O)N2C. The van der Waals surface area contributed by atoms with Crippen molar-refractivity contribution in [2.45, 2.75) is 4.90 Å². The van der Waals surface area contributed by atoms with Crippen LogP contribution < -0.4 is 14.4 Å². The summed E-state index contributed by atoms with van der Waals surface area (Å²) < 4.78 is 39.4. The monoisotopic (exact) mass is 434 g/mol. The molecule has 8 heteroatoms. The average Bonchev–Trinajstić information content (AvgIpc) is 3.39. The summed E-state index contributed by atoms with van der Waals surface area (Å²) in [5, 5.41) is 1.34. The molecule has 0 fully saturated rings. The van der Waals surface area contributed by atoms with Gasteiger partial charge in [0, 0.05) is 23.4 Å². The number of sulfonamides is 1. The molecule has 1 aromatic heterocycles. The number of para-hydroxylation sites is 1. The second-order valence-electron chi connectivity index (χ2n) is 7.21. The van der Waals surface area contributed by atoms with Crippen molar-refractivity contribution >= 4 is 38.1 Å². The van der Waals surface area contributed by atoms with Crippen LogP contribution in [0.15, 0.2) is 76.4 Å². The molecule has 0 radical (unpaired) electrons. The van der Waals surface area contributed by atoms with Crippen molar-refractivity contribution in [1.29, 1.82) is 0 Å². The van der Waals surface area contributed by atoms with Crippen LogP contribution in [0.25, 0.3) is 21.9 Å². The topological polar surface area (TPSA) is 88.9 Å². The fourth-order valence-electron chi connectivity index (χ4n) is 3.93. The van der Waals surface area contributed by atoms with Crippen LogP contribution in [0.1, 0.15) is 10.4 Å². The molecule has 5 rings (SSSR count). The lowest BCUT2D eigenvalue weighted by molar-refractivity contribution is 0.0999. The quantitative estimate of drug-likeness (QED) is 0.500. The molecular formula is C23H18N2O5S. The second kappa shape index (κ2) is 6.88. The summed E-state index contributed by atoms with van der Waals surface area (Å²) in [6.07, 6.45) is 3.13. The van der Waals surface area contributed by atoms with E-state index >= 15 is 0 Å². The van der Waals surface area contributed by atoms with E-state index in [0.717, 1.165) is 16.8 Å². The highest BCUT2D eigenvalue weighted by Crippen LogP contribution is 2.43. The first-order valence-electron chi connectivity index (χ1n) is 9.48. The molecule has 2 heterocycles. The van der Waals surface area contributed by atoms with Crippen molar-refractivity contribution in [2.24, 2.45) is 0 Å². The Bertz CT molecular complexity index is 1440. The van der Waals surface area contributed by atoms with Crippen LogP contribution >= 0.6 is 0 Å². The van der Waals surface area contributed by atoms with Gasteiger partial charge in [0.25, 0.3) is 15.9 Å². The van der Waals surface area contributed by atoms with Gasteiger partial charge in [0.15, 0.2) is 0 Å². The Morgan fingerprint density at radius 3 is 2.58 bits per heavy atom. The molecule has 0 aliphatic carbocycles. The third kappa shape index (κ3) is 2.95. The van der Waals surface area contributed by atoms with Gasteiger partial charge in [0.05, 0.1) is 36.6 Å². The summed E-state index contributed by atoms with van der Waals surface area (Å²) in [6, 6.07) is 15.3. The Kier molecular flexibility index (Phi) is 4.26. The van der Waals surface area contributed by atoms with Gasteiger partial charge in [-0.1, -0.05) is 12.1 Å². The van der Waals surface area contributed by atoms with Crippen molar-refractivity contribution in [1.82, 2.24) is 0 Å². The predicted molar refractivity (Wildman–Crippen MR) is 118 cm³/mol. The maximum atomic E-state index is 13.2. The summed E-state index contributed by atoms with van der Waals surface area (Å²) in [6.45, 7) is 0. The lowest BCUT2D eigenvalue weighted by Crippen LogP contribution is -2.20. The van der Waals surface area contributed by atoms with E-state index in [0.29, 0.717) is 22.0 Å². The number of carbonyl (C=O) groups excluding carboxylic acids is 1. The number of carbonyl (C=O) groups is 1. The zero-order valence-electron chi connectivity index (χ0n) is 16.7. The van der Waals surface area contributed by atoms with Crippen molar-refractivity contribution in [2.75, 3.05) is 23.8 Å². The second-order valence-corrected chi connectivity index (χ2v) is 8.86. The Morgan fingerprint density at radius 1 is 1.03 bits per heavy atom. The molecule has 0 atom stereocenters. The van der Waals surface area contributed by atoms with Crippen molar-refractivity contribution in [3.8, 4) is 16.9 Å². The number of nitrogens with one attached hydrogen (secondary N) is 1. The van der Waals surface area contributed by atoms with Crippen LogP contribution in [-0.4, -0.2) is 28.5 Å². The molecule has 4 aromatic rings. The van der Waals surface area contributed by atoms with Gasteiger partial charge in [-0.2, -0.15) is 0 Å². The summed E-state index contributed by atoms with van der Waals surface area (Å²) in [5.74, 6) is 0.102. The van der Waals surface area contributed by atoms with E-state index in [2.05, 4.69) is 4.72 Å². The van der Waals surface area contributed by atoms with E-state index in [1.165, 1.54) is 13.2 Å². The Labute approximate surface area is 178 Å². The fourth-order valence-corrected chi connectivity index (χ4v) is 5.18. The minimum absolute atomic E-state index is 0.0315. The number of hydrogen-bond donors (Lipinski definition) is 1. The van der Waals surface area contributed by atoms with Crippen LogP contribution in [0.2, 0.25) is 0 Å². The Balaban J connectivity index is 1.72. The fraction of sp³-hybridized carbons (Fsp3) is 0.0870. The molecule has 0 saturated heterocycles. The van der Waals surface area contributed by atoms with Gasteiger partial charge in [0.2, 0.25) is 0 Å². The number of methoxy groups -OCH3 is 1. The number of furan rings is 1. The molecule has 1 aliphatic rings. The molecule has 31 heavy (non-hydrogen) atoms. The highest BCUT2D eigenvalue weighted by molar-refractivity contribution is 7.92. The molecule has 1 amide bonds. The molecule has 0 bridgehead atoms. The molecule has 3 aromatic carbocycles. The minimum atomic E-state index is -3.94. The lowest BCUT2D eigenvalue weighted by Gasteiger charge is -2.15. The zero-order valence-corrected chi connectivity index (χ0v) is 17.6. The number of amides is 1. The summed E-state index contributed by atoms with van der Waals surface area (Å²) in [5.41, 5.74) is 3.18. The summed E-state index contributed by atoms with van der Waals surface area (Å²) >= 11 is 0. The van der Waals surface area contributed by atoms with E-state index in [1.807, 2.05) is 6.07 Å². The highest BCUT2D eigenvalue weighted by atomic mass is 32.2. The first kappa shape index (κ1) is 19.2. The normalized spacial score (nSPS) is 13.1. The zero-order chi connectivity index (χ0) is 21.8. The van der Waals surface area contributed by atoms with Gasteiger partial charge in [-0.15, -0.1) is 0 Å². The van der Waals surface area contributed by atoms with Gasteiger partial charge < -0.3 is 14.1 Å². The number of hydrogen-bond acceptors (Lipinski definition) is 5. The largest absolute Gasteiger partial charge is 0.495 e. The number of anilines is 2. The molecule has 0 saturated carbocycles. The van der Waals surface area contributed by atoms with E-state index in [9.17, 15) is 13.2 Å². The first-order chi connectivity index (χ1) is 14.9. The van der Waals surface area contributed by atoms with E-state index in [4.69, 9.17) is 9.15 Å². The number of rotatable bonds is 5. The maximum Gasteiger partial charge on any atom is 0.265 e. The predicted octanol–water partition coefficient (Wildman–Crippen LogP) is 4.50. The van der Waals surface area contributed by atoms with Crippen molar-refractivity contribution < 1.29 is 22.4 Å². The molecular weight excluding hydrogens is 416 g/mol. The summed E-state index contributed by atoms with van der Waals surface area (Å²) in [7, 11) is -0.814. The van der Waals surface area contributed by atoms with E-state index in [1.54, 1.807) is 66.9 Å². The standard InChI is InChI=1S/C23H18N2O5S/c1-25-19-8-7-18(24-31(27,28)21-6-4-3-5-20(21)29-2)16-11-15(14-9-10-30-13-14)12-17(22(16)19)23(25)26/h3-13,24H,1-2H3. The molecule has 1 aliphatic heterocycles. The molecule has 7 nitrogen and oxygen atoms in total. The lowest BCUT2D eigenvalue weighted by atomic mass is 9.98. The van der Waals surface area contributed by atoms with Crippen molar-refractivity contribution in [3.63, 3.8) is 0 Å². The van der Waals surface area contributed by atoms with Crippen LogP contribution in [-0.2, 0) is 10.0 Å². The van der Waals surface area contributed by atoms with Gasteiger partial charge >= 0.3 is 0 Å². The number of nitrogens with zero attached hydrogens (tertiary/aromatic N) is 1.